The van der Waals surface area contributed by atoms with E-state index in [1.54, 1.807) is 7.11 Å². The number of nitrogens with one attached hydrogen (secondary N) is 2. The van der Waals surface area contributed by atoms with Crippen LogP contribution in [-0.4, -0.2) is 76.0 Å². The molecule has 30 heavy (non-hydrogen) atoms. The van der Waals surface area contributed by atoms with Crippen molar-refractivity contribution >= 4 is 11.6 Å². The molecule has 0 aromatic heterocycles. The van der Waals surface area contributed by atoms with Crippen LogP contribution in [-0.2, 0) is 0 Å². The van der Waals surface area contributed by atoms with Crippen LogP contribution >= 0.6 is 0 Å². The number of benzene rings is 1. The van der Waals surface area contributed by atoms with Gasteiger partial charge in [0.1, 0.15) is 5.75 Å². The van der Waals surface area contributed by atoms with Gasteiger partial charge in [-0.15, -0.1) is 0 Å². The maximum absolute atomic E-state index is 12.6. The van der Waals surface area contributed by atoms with Crippen molar-refractivity contribution in [1.29, 1.82) is 0 Å². The van der Waals surface area contributed by atoms with Crippen LogP contribution in [0.2, 0.25) is 0 Å². The minimum absolute atomic E-state index is 0.0150. The Morgan fingerprint density at radius 3 is 2.73 bits per heavy atom. The van der Waals surface area contributed by atoms with Crippen molar-refractivity contribution in [2.45, 2.75) is 32.0 Å². The third kappa shape index (κ3) is 6.42. The lowest BCUT2D eigenvalue weighted by Crippen LogP contribution is -2.45. The van der Waals surface area contributed by atoms with Crippen molar-refractivity contribution in [3.8, 4) is 5.75 Å². The molecule has 0 amide bonds. The topological polar surface area (TPSA) is 52.1 Å². The van der Waals surface area contributed by atoms with Gasteiger partial charge in [0.15, 0.2) is 5.96 Å². The fourth-order valence-electron chi connectivity index (χ4n) is 4.17. The molecular weight excluding hydrogens is 395 g/mol. The van der Waals surface area contributed by atoms with Gasteiger partial charge in [-0.3, -0.25) is 9.89 Å². The first kappa shape index (κ1) is 22.5. The maximum atomic E-state index is 12.6. The van der Waals surface area contributed by atoms with Crippen molar-refractivity contribution in [3.05, 3.63) is 24.3 Å². The number of hydrogen-bond acceptors (Lipinski definition) is 4. The number of halogens is 3. The number of hydrogen-bond donors (Lipinski definition) is 2. The summed E-state index contributed by atoms with van der Waals surface area (Å²) in [6.07, 6.45) is -2.42. The molecule has 2 aliphatic heterocycles. The molecule has 2 aliphatic rings. The second-order valence-electron chi connectivity index (χ2n) is 7.97. The first-order valence-corrected chi connectivity index (χ1v) is 10.6. The van der Waals surface area contributed by atoms with Crippen LogP contribution in [0.1, 0.15) is 19.8 Å². The van der Waals surface area contributed by atoms with Crippen LogP contribution in [0.5, 0.6) is 5.75 Å². The number of guanidine groups is 1. The highest BCUT2D eigenvalue weighted by Gasteiger charge is 2.34. The van der Waals surface area contributed by atoms with E-state index in [4.69, 9.17) is 9.73 Å². The Morgan fingerprint density at radius 1 is 1.20 bits per heavy atom. The van der Waals surface area contributed by atoms with Crippen molar-refractivity contribution in [2.24, 2.45) is 10.9 Å². The maximum Gasteiger partial charge on any atom is 0.401 e. The quantitative estimate of drug-likeness (QED) is 0.518. The van der Waals surface area contributed by atoms with Crippen LogP contribution in [0.25, 0.3) is 0 Å². The van der Waals surface area contributed by atoms with Gasteiger partial charge in [-0.05, 0) is 37.8 Å². The molecule has 2 unspecified atom stereocenters. The summed E-state index contributed by atoms with van der Waals surface area (Å²) in [5, 5.41) is 6.54. The molecule has 0 aliphatic carbocycles. The summed E-state index contributed by atoms with van der Waals surface area (Å²) in [6, 6.07) is 8.01. The third-order valence-corrected chi connectivity index (χ3v) is 5.58. The number of para-hydroxylation sites is 2. The van der Waals surface area contributed by atoms with E-state index in [1.165, 1.54) is 4.90 Å². The lowest BCUT2D eigenvalue weighted by Gasteiger charge is -2.21. The van der Waals surface area contributed by atoms with E-state index in [9.17, 15) is 13.2 Å². The normalized spacial score (nSPS) is 23.1. The fourth-order valence-corrected chi connectivity index (χ4v) is 4.17. The molecule has 2 fully saturated rings. The number of likely N-dealkylation sites (tertiary alicyclic amines) is 1. The van der Waals surface area contributed by atoms with Crippen molar-refractivity contribution in [2.75, 3.05) is 57.8 Å². The molecule has 0 radical (unpaired) electrons. The number of alkyl halides is 3. The summed E-state index contributed by atoms with van der Waals surface area (Å²) < 4.78 is 43.3. The molecule has 2 atom stereocenters. The molecule has 0 saturated carbocycles. The minimum atomic E-state index is -4.15. The van der Waals surface area contributed by atoms with E-state index in [0.717, 1.165) is 30.9 Å². The third-order valence-electron chi connectivity index (χ3n) is 5.58. The summed E-state index contributed by atoms with van der Waals surface area (Å²) in [5.41, 5.74) is 1.10. The molecule has 2 saturated heterocycles. The van der Waals surface area contributed by atoms with E-state index < -0.39 is 12.7 Å². The SMILES string of the molecule is CCNC(=NCC1CCN(c2ccccc2OC)C1)NC1CCN(CC(F)(F)F)C1. The minimum Gasteiger partial charge on any atom is -0.495 e. The molecular formula is C21H32F3N5O. The first-order chi connectivity index (χ1) is 14.4. The number of aliphatic imine (C=N–C) groups is 1. The zero-order valence-electron chi connectivity index (χ0n) is 17.7. The van der Waals surface area contributed by atoms with Gasteiger partial charge in [-0.25, -0.2) is 0 Å². The molecule has 1 aromatic rings. The molecule has 3 rings (SSSR count). The Bertz CT molecular complexity index is 712. The summed E-state index contributed by atoms with van der Waals surface area (Å²) in [7, 11) is 1.68. The summed E-state index contributed by atoms with van der Waals surface area (Å²) in [5.74, 6) is 1.99. The molecule has 6 nitrogen and oxygen atoms in total. The largest absolute Gasteiger partial charge is 0.495 e. The highest BCUT2D eigenvalue weighted by molar-refractivity contribution is 5.80. The highest BCUT2D eigenvalue weighted by Crippen LogP contribution is 2.32. The molecule has 2 N–H and O–H groups in total. The summed E-state index contributed by atoms with van der Waals surface area (Å²) in [4.78, 5) is 8.50. The van der Waals surface area contributed by atoms with Gasteiger partial charge in [-0.1, -0.05) is 12.1 Å². The first-order valence-electron chi connectivity index (χ1n) is 10.6. The number of nitrogens with zero attached hydrogens (tertiary/aromatic N) is 3. The second kappa shape index (κ2) is 10.2. The highest BCUT2D eigenvalue weighted by atomic mass is 19.4. The van der Waals surface area contributed by atoms with Crippen LogP contribution < -0.4 is 20.3 Å². The molecule has 1 aromatic carbocycles. The van der Waals surface area contributed by atoms with Gasteiger partial charge in [0.05, 0.1) is 19.3 Å². The van der Waals surface area contributed by atoms with E-state index in [0.29, 0.717) is 44.5 Å². The van der Waals surface area contributed by atoms with Gasteiger partial charge in [0, 0.05) is 45.3 Å². The van der Waals surface area contributed by atoms with Crippen molar-refractivity contribution < 1.29 is 17.9 Å². The lowest BCUT2D eigenvalue weighted by molar-refractivity contribution is -0.143. The van der Waals surface area contributed by atoms with Gasteiger partial charge < -0.3 is 20.3 Å². The fraction of sp³-hybridized carbons (Fsp3) is 0.667. The predicted octanol–water partition coefficient (Wildman–Crippen LogP) is 2.71. The van der Waals surface area contributed by atoms with Gasteiger partial charge >= 0.3 is 6.18 Å². The number of rotatable bonds is 7. The molecule has 0 bridgehead atoms. The summed E-state index contributed by atoms with van der Waals surface area (Å²) >= 11 is 0. The Labute approximate surface area is 176 Å². The predicted molar refractivity (Wildman–Crippen MR) is 113 cm³/mol. The number of anilines is 1. The molecule has 2 heterocycles. The van der Waals surface area contributed by atoms with Crippen LogP contribution in [0, 0.1) is 5.92 Å². The number of methoxy groups -OCH3 is 1. The second-order valence-corrected chi connectivity index (χ2v) is 7.97. The van der Waals surface area contributed by atoms with Gasteiger partial charge in [0.2, 0.25) is 0 Å². The van der Waals surface area contributed by atoms with Crippen LogP contribution in [0.3, 0.4) is 0 Å². The Balaban J connectivity index is 1.52. The van der Waals surface area contributed by atoms with Crippen molar-refractivity contribution in [3.63, 3.8) is 0 Å². The molecule has 168 valence electrons. The van der Waals surface area contributed by atoms with E-state index >= 15 is 0 Å². The van der Waals surface area contributed by atoms with Crippen LogP contribution in [0.4, 0.5) is 18.9 Å². The zero-order chi connectivity index (χ0) is 21.6. The van der Waals surface area contributed by atoms with E-state index in [-0.39, 0.29) is 6.04 Å². The molecule has 9 heteroatoms. The lowest BCUT2D eigenvalue weighted by atomic mass is 10.1. The van der Waals surface area contributed by atoms with E-state index in [1.807, 2.05) is 25.1 Å². The Hall–Kier alpha value is -2.16. The van der Waals surface area contributed by atoms with E-state index in [2.05, 4.69) is 21.6 Å². The van der Waals surface area contributed by atoms with Gasteiger partial charge in [0.25, 0.3) is 0 Å². The monoisotopic (exact) mass is 427 g/mol. The van der Waals surface area contributed by atoms with Crippen LogP contribution in [0.15, 0.2) is 29.3 Å². The van der Waals surface area contributed by atoms with Crippen molar-refractivity contribution in [1.82, 2.24) is 15.5 Å². The standard InChI is InChI=1S/C21H32F3N5O/c1-3-25-20(27-17-9-10-28(14-17)15-21(22,23)24)26-12-16-8-11-29(13-16)18-6-4-5-7-19(18)30-2/h4-7,16-17H,3,8-15H2,1-2H3,(H2,25,26,27). The summed E-state index contributed by atoms with van der Waals surface area (Å²) in [6.45, 7) is 5.23. The smallest absolute Gasteiger partial charge is 0.401 e. The average molecular weight is 428 g/mol. The Kier molecular flexibility index (Phi) is 7.69. The van der Waals surface area contributed by atoms with Gasteiger partial charge in [-0.2, -0.15) is 13.2 Å². The zero-order valence-corrected chi connectivity index (χ0v) is 17.7. The Morgan fingerprint density at radius 2 is 2.00 bits per heavy atom. The number of ether oxygens (including phenoxy) is 1. The average Bonchev–Trinajstić information content (AvgIpc) is 3.34. The molecule has 0 spiro atoms.